The molecule has 0 aromatic heterocycles. The summed E-state index contributed by atoms with van der Waals surface area (Å²) in [5.41, 5.74) is 5.07. The molecular weight excluding hydrogens is 258 g/mol. The number of primary amides is 1. The summed E-state index contributed by atoms with van der Waals surface area (Å²) in [7, 11) is 0. The number of nitrogens with one attached hydrogen (secondary N) is 2. The Bertz CT molecular complexity index is 404. The van der Waals surface area contributed by atoms with Gasteiger partial charge in [-0.25, -0.2) is 0 Å². The van der Waals surface area contributed by atoms with E-state index in [0.29, 0.717) is 18.8 Å². The van der Waals surface area contributed by atoms with Crippen molar-refractivity contribution in [1.82, 2.24) is 10.6 Å². The van der Waals surface area contributed by atoms with Crippen molar-refractivity contribution >= 4 is 17.7 Å². The van der Waals surface area contributed by atoms with Crippen LogP contribution in [0, 0.1) is 5.92 Å². The average molecular weight is 281 g/mol. The molecule has 1 heterocycles. The Hall–Kier alpha value is -1.85. The summed E-state index contributed by atoms with van der Waals surface area (Å²) in [5, 5.41) is 5.53. The molecule has 2 atom stereocenters. The molecule has 4 N–H and O–H groups in total. The number of hydrogen-bond donors (Lipinski definition) is 3. The molecule has 0 aromatic rings. The smallest absolute Gasteiger partial charge is 0.243 e. The zero-order valence-corrected chi connectivity index (χ0v) is 12.0. The van der Waals surface area contributed by atoms with E-state index in [1.54, 1.807) is 12.2 Å². The monoisotopic (exact) mass is 281 g/mol. The molecular formula is C14H23N3O3. The van der Waals surface area contributed by atoms with Crippen LogP contribution in [0.1, 0.15) is 39.5 Å². The number of rotatable bonds is 7. The molecule has 3 amide bonds. The first-order chi connectivity index (χ1) is 9.38. The van der Waals surface area contributed by atoms with Crippen molar-refractivity contribution in [3.8, 4) is 0 Å². The van der Waals surface area contributed by atoms with Crippen LogP contribution in [0.4, 0.5) is 0 Å². The number of nitrogens with two attached hydrogens (primary N) is 1. The highest BCUT2D eigenvalue weighted by Crippen LogP contribution is 2.10. The first-order valence-corrected chi connectivity index (χ1v) is 6.93. The molecule has 112 valence electrons. The van der Waals surface area contributed by atoms with Gasteiger partial charge in [0.15, 0.2) is 0 Å². The second-order valence-corrected chi connectivity index (χ2v) is 5.50. The minimum absolute atomic E-state index is 0.0881. The van der Waals surface area contributed by atoms with Crippen molar-refractivity contribution in [3.05, 3.63) is 12.2 Å². The minimum atomic E-state index is -0.443. The number of carbonyl (C=O) groups is 3. The van der Waals surface area contributed by atoms with Gasteiger partial charge in [0.1, 0.15) is 6.04 Å². The quantitative estimate of drug-likeness (QED) is 0.582. The fourth-order valence-electron chi connectivity index (χ4n) is 2.14. The maximum absolute atomic E-state index is 12.0. The molecule has 0 bridgehead atoms. The van der Waals surface area contributed by atoms with Gasteiger partial charge in [-0.05, 0) is 18.8 Å². The summed E-state index contributed by atoms with van der Waals surface area (Å²) in [5.74, 6) is -0.268. The SMILES string of the molecule is CC(C)CC(/C=C/CC(N)=O)NC(=O)C1CCC(=O)N1. The normalized spacial score (nSPS) is 20.1. The summed E-state index contributed by atoms with van der Waals surface area (Å²) in [6.45, 7) is 4.11. The lowest BCUT2D eigenvalue weighted by Gasteiger charge is -2.19. The van der Waals surface area contributed by atoms with Crippen molar-refractivity contribution in [1.29, 1.82) is 0 Å². The maximum Gasteiger partial charge on any atom is 0.243 e. The third-order valence-corrected chi connectivity index (χ3v) is 3.05. The molecule has 1 fully saturated rings. The fourth-order valence-corrected chi connectivity index (χ4v) is 2.14. The van der Waals surface area contributed by atoms with Gasteiger partial charge in [0, 0.05) is 18.9 Å². The third-order valence-electron chi connectivity index (χ3n) is 3.05. The highest BCUT2D eigenvalue weighted by molar-refractivity contribution is 5.91. The molecule has 20 heavy (non-hydrogen) atoms. The summed E-state index contributed by atoms with van der Waals surface area (Å²) in [6, 6.07) is -0.596. The molecule has 1 aliphatic heterocycles. The predicted molar refractivity (Wildman–Crippen MR) is 75.5 cm³/mol. The zero-order chi connectivity index (χ0) is 15.1. The summed E-state index contributed by atoms with van der Waals surface area (Å²) in [4.78, 5) is 33.8. The van der Waals surface area contributed by atoms with Crippen molar-refractivity contribution in [2.45, 2.75) is 51.6 Å². The first-order valence-electron chi connectivity index (χ1n) is 6.93. The van der Waals surface area contributed by atoms with Crippen molar-refractivity contribution in [3.63, 3.8) is 0 Å². The molecule has 0 spiro atoms. The van der Waals surface area contributed by atoms with Gasteiger partial charge in [-0.3, -0.25) is 14.4 Å². The number of amides is 3. The molecule has 6 nitrogen and oxygen atoms in total. The van der Waals surface area contributed by atoms with Crippen LogP contribution >= 0.6 is 0 Å². The lowest BCUT2D eigenvalue weighted by molar-refractivity contribution is -0.126. The average Bonchev–Trinajstić information content (AvgIpc) is 2.74. The standard InChI is InChI=1S/C14H23N3O3/c1-9(2)8-10(4-3-5-12(15)18)16-14(20)11-6-7-13(19)17-11/h3-4,9-11H,5-8H2,1-2H3,(H2,15,18)(H,16,20)(H,17,19)/b4-3+. The van der Waals surface area contributed by atoms with E-state index in [1.165, 1.54) is 0 Å². The Labute approximate surface area is 119 Å². The lowest BCUT2D eigenvalue weighted by Crippen LogP contribution is -2.45. The van der Waals surface area contributed by atoms with Crippen LogP contribution in [-0.2, 0) is 14.4 Å². The summed E-state index contributed by atoms with van der Waals surface area (Å²) >= 11 is 0. The van der Waals surface area contributed by atoms with Crippen LogP contribution in [0.2, 0.25) is 0 Å². The molecule has 6 heteroatoms. The molecule has 0 saturated carbocycles. The summed E-state index contributed by atoms with van der Waals surface area (Å²) < 4.78 is 0. The van der Waals surface area contributed by atoms with Gasteiger partial charge >= 0.3 is 0 Å². The second-order valence-electron chi connectivity index (χ2n) is 5.50. The van der Waals surface area contributed by atoms with Gasteiger partial charge in [0.2, 0.25) is 17.7 Å². The Morgan fingerprint density at radius 3 is 2.70 bits per heavy atom. The van der Waals surface area contributed by atoms with E-state index in [9.17, 15) is 14.4 Å². The molecule has 1 aliphatic rings. The van der Waals surface area contributed by atoms with Gasteiger partial charge in [-0.15, -0.1) is 0 Å². The summed E-state index contributed by atoms with van der Waals surface area (Å²) in [6.07, 6.45) is 5.31. The highest BCUT2D eigenvalue weighted by Gasteiger charge is 2.28. The first kappa shape index (κ1) is 16.2. The lowest BCUT2D eigenvalue weighted by atomic mass is 10.0. The predicted octanol–water partition coefficient (Wildman–Crippen LogP) is 0.228. The molecule has 0 aromatic carbocycles. The van der Waals surface area contributed by atoms with Crippen molar-refractivity contribution in [2.24, 2.45) is 11.7 Å². The van der Waals surface area contributed by atoms with E-state index < -0.39 is 11.9 Å². The molecule has 1 rings (SSSR count). The van der Waals surface area contributed by atoms with E-state index in [0.717, 1.165) is 6.42 Å². The van der Waals surface area contributed by atoms with Gasteiger partial charge < -0.3 is 16.4 Å². The van der Waals surface area contributed by atoms with Gasteiger partial charge in [0.05, 0.1) is 0 Å². The van der Waals surface area contributed by atoms with Crippen molar-refractivity contribution < 1.29 is 14.4 Å². The third kappa shape index (κ3) is 5.86. The Balaban J connectivity index is 2.54. The second kappa shape index (κ2) is 7.67. The Morgan fingerprint density at radius 1 is 1.50 bits per heavy atom. The van der Waals surface area contributed by atoms with E-state index >= 15 is 0 Å². The number of hydrogen-bond acceptors (Lipinski definition) is 3. The van der Waals surface area contributed by atoms with Crippen LogP contribution < -0.4 is 16.4 Å². The molecule has 2 unspecified atom stereocenters. The Morgan fingerprint density at radius 2 is 2.20 bits per heavy atom. The van der Waals surface area contributed by atoms with Crippen LogP contribution in [0.15, 0.2) is 12.2 Å². The minimum Gasteiger partial charge on any atom is -0.369 e. The van der Waals surface area contributed by atoms with Crippen LogP contribution in [0.3, 0.4) is 0 Å². The fraction of sp³-hybridized carbons (Fsp3) is 0.643. The number of carbonyl (C=O) groups excluding carboxylic acids is 3. The van der Waals surface area contributed by atoms with E-state index in [-0.39, 0.29) is 24.3 Å². The molecule has 1 saturated heterocycles. The van der Waals surface area contributed by atoms with Crippen molar-refractivity contribution in [2.75, 3.05) is 0 Å². The van der Waals surface area contributed by atoms with Crippen LogP contribution in [0.5, 0.6) is 0 Å². The van der Waals surface area contributed by atoms with Crippen LogP contribution in [-0.4, -0.2) is 29.8 Å². The highest BCUT2D eigenvalue weighted by atomic mass is 16.2. The molecule has 0 aliphatic carbocycles. The van der Waals surface area contributed by atoms with Gasteiger partial charge in [0.25, 0.3) is 0 Å². The largest absolute Gasteiger partial charge is 0.369 e. The Kier molecular flexibility index (Phi) is 6.21. The van der Waals surface area contributed by atoms with Crippen LogP contribution in [0.25, 0.3) is 0 Å². The van der Waals surface area contributed by atoms with Gasteiger partial charge in [-0.2, -0.15) is 0 Å². The zero-order valence-electron chi connectivity index (χ0n) is 12.0. The van der Waals surface area contributed by atoms with Gasteiger partial charge in [-0.1, -0.05) is 26.0 Å². The maximum atomic E-state index is 12.0. The van der Waals surface area contributed by atoms with E-state index in [1.807, 2.05) is 0 Å². The van der Waals surface area contributed by atoms with E-state index in [4.69, 9.17) is 5.73 Å². The topological polar surface area (TPSA) is 101 Å². The molecule has 0 radical (unpaired) electrons. The van der Waals surface area contributed by atoms with E-state index in [2.05, 4.69) is 24.5 Å².